The summed E-state index contributed by atoms with van der Waals surface area (Å²) >= 11 is 0. The van der Waals surface area contributed by atoms with Gasteiger partial charge >= 0.3 is 0 Å². The predicted octanol–water partition coefficient (Wildman–Crippen LogP) is 11.5. The number of fused-ring (bicyclic) bond motifs is 5. The molecule has 1 heterocycles. The van der Waals surface area contributed by atoms with Crippen molar-refractivity contribution in [2.75, 3.05) is 4.90 Å². The van der Waals surface area contributed by atoms with Crippen molar-refractivity contribution in [2.45, 2.75) is 0 Å². The number of rotatable bonds is 5. The van der Waals surface area contributed by atoms with Gasteiger partial charge in [0, 0.05) is 33.2 Å². The number of nitrogens with zero attached hydrogens (tertiary/aromatic N) is 1. The lowest BCUT2D eigenvalue weighted by Gasteiger charge is -2.25. The highest BCUT2D eigenvalue weighted by Gasteiger charge is 2.16. The molecule has 0 fully saturated rings. The number of hydrogen-bond acceptors (Lipinski definition) is 2. The molecule has 0 radical (unpaired) electrons. The molecule has 2 heteroatoms. The van der Waals surface area contributed by atoms with E-state index in [1.807, 2.05) is 0 Å². The van der Waals surface area contributed by atoms with Gasteiger partial charge in [-0.3, -0.25) is 0 Å². The first-order valence-electron chi connectivity index (χ1n) is 14.3. The van der Waals surface area contributed by atoms with Gasteiger partial charge in [0.25, 0.3) is 0 Å². The van der Waals surface area contributed by atoms with E-state index in [2.05, 4.69) is 169 Å². The van der Waals surface area contributed by atoms with Crippen molar-refractivity contribution in [1.29, 1.82) is 0 Å². The topological polar surface area (TPSA) is 16.4 Å². The molecule has 7 aromatic carbocycles. The maximum Gasteiger partial charge on any atom is 0.143 e. The Bertz CT molecular complexity index is 2140. The molecule has 0 amide bonds. The van der Waals surface area contributed by atoms with Crippen molar-refractivity contribution in [1.82, 2.24) is 0 Å². The lowest BCUT2D eigenvalue weighted by atomic mass is 9.95. The minimum atomic E-state index is 0.895. The van der Waals surface area contributed by atoms with Crippen molar-refractivity contribution in [3.05, 3.63) is 164 Å². The number of para-hydroxylation sites is 2. The first-order chi connectivity index (χ1) is 20.8. The van der Waals surface area contributed by atoms with E-state index in [0.717, 1.165) is 55.5 Å². The van der Waals surface area contributed by atoms with Gasteiger partial charge in [-0.1, -0.05) is 109 Å². The van der Waals surface area contributed by atoms with E-state index in [4.69, 9.17) is 4.42 Å². The predicted molar refractivity (Wildman–Crippen MR) is 177 cm³/mol. The van der Waals surface area contributed by atoms with Crippen molar-refractivity contribution in [3.63, 3.8) is 0 Å². The van der Waals surface area contributed by atoms with Crippen LogP contribution in [0.1, 0.15) is 0 Å². The Kier molecular flexibility index (Phi) is 5.82. The highest BCUT2D eigenvalue weighted by Crippen LogP contribution is 2.41. The Balaban J connectivity index is 1.27. The largest absolute Gasteiger partial charge is 0.455 e. The Morgan fingerprint density at radius 3 is 1.64 bits per heavy atom. The Labute approximate surface area is 244 Å². The van der Waals surface area contributed by atoms with Gasteiger partial charge in [0.15, 0.2) is 0 Å². The molecule has 0 saturated heterocycles. The second kappa shape index (κ2) is 10.1. The van der Waals surface area contributed by atoms with Gasteiger partial charge in [-0.25, -0.2) is 0 Å². The summed E-state index contributed by atoms with van der Waals surface area (Å²) in [5.41, 5.74) is 9.87. The van der Waals surface area contributed by atoms with Crippen LogP contribution in [0.3, 0.4) is 0 Å². The lowest BCUT2D eigenvalue weighted by molar-refractivity contribution is 0.673. The van der Waals surface area contributed by atoms with E-state index in [9.17, 15) is 0 Å². The average molecular weight is 538 g/mol. The fourth-order valence-electron chi connectivity index (χ4n) is 6.06. The summed E-state index contributed by atoms with van der Waals surface area (Å²) in [7, 11) is 0. The number of furan rings is 1. The molecule has 198 valence electrons. The molecule has 0 atom stereocenters. The van der Waals surface area contributed by atoms with Crippen molar-refractivity contribution in [2.24, 2.45) is 0 Å². The molecule has 0 spiro atoms. The second-order valence-corrected chi connectivity index (χ2v) is 10.6. The van der Waals surface area contributed by atoms with Gasteiger partial charge in [-0.2, -0.15) is 0 Å². The Hall–Kier alpha value is -5.60. The van der Waals surface area contributed by atoms with Gasteiger partial charge in [0.05, 0.1) is 0 Å². The van der Waals surface area contributed by atoms with Crippen molar-refractivity contribution < 1.29 is 4.42 Å². The fraction of sp³-hybridized carbons (Fsp3) is 0. The van der Waals surface area contributed by atoms with Gasteiger partial charge in [0.2, 0.25) is 0 Å². The molecule has 0 bridgehead atoms. The van der Waals surface area contributed by atoms with Gasteiger partial charge < -0.3 is 9.32 Å². The second-order valence-electron chi connectivity index (χ2n) is 10.6. The summed E-state index contributed by atoms with van der Waals surface area (Å²) in [5, 5.41) is 4.60. The normalized spacial score (nSPS) is 11.3. The van der Waals surface area contributed by atoms with Crippen LogP contribution in [0.5, 0.6) is 0 Å². The van der Waals surface area contributed by atoms with Gasteiger partial charge in [-0.05, 0) is 82.2 Å². The SMILES string of the molecule is c1ccc(-c2cc3c4ccc(-c5cccc(N(c6ccccc6)c6ccccc6)c5)cc4oc3c3ccccc23)cc1. The highest BCUT2D eigenvalue weighted by atomic mass is 16.3. The standard InChI is InChI=1S/C40H27NO/c1-4-13-28(14-5-1)37-27-38-35-24-23-30(26-39(35)42-40(38)36-22-11-10-21-34(36)37)29-15-12-20-33(25-29)41(31-16-6-2-7-17-31)32-18-8-3-9-19-32/h1-27H. The summed E-state index contributed by atoms with van der Waals surface area (Å²) in [4.78, 5) is 2.29. The van der Waals surface area contributed by atoms with Crippen molar-refractivity contribution in [3.8, 4) is 22.3 Å². The number of benzene rings is 7. The zero-order chi connectivity index (χ0) is 27.9. The molecule has 0 N–H and O–H groups in total. The van der Waals surface area contributed by atoms with Crippen LogP contribution in [0.2, 0.25) is 0 Å². The van der Waals surface area contributed by atoms with Crippen LogP contribution >= 0.6 is 0 Å². The molecular formula is C40H27NO. The summed E-state index contributed by atoms with van der Waals surface area (Å²) < 4.78 is 6.62. The first-order valence-corrected chi connectivity index (χ1v) is 14.3. The zero-order valence-electron chi connectivity index (χ0n) is 22.9. The van der Waals surface area contributed by atoms with Crippen LogP contribution < -0.4 is 4.90 Å². The first kappa shape index (κ1) is 24.2. The molecule has 8 rings (SSSR count). The lowest BCUT2D eigenvalue weighted by Crippen LogP contribution is -2.09. The van der Waals surface area contributed by atoms with E-state index in [1.54, 1.807) is 0 Å². The highest BCUT2D eigenvalue weighted by molar-refractivity contribution is 6.19. The minimum absolute atomic E-state index is 0.895. The molecule has 42 heavy (non-hydrogen) atoms. The zero-order valence-corrected chi connectivity index (χ0v) is 22.9. The Morgan fingerprint density at radius 1 is 0.357 bits per heavy atom. The smallest absolute Gasteiger partial charge is 0.143 e. The molecule has 2 nitrogen and oxygen atoms in total. The number of hydrogen-bond donors (Lipinski definition) is 0. The van der Waals surface area contributed by atoms with Crippen LogP contribution in [-0.2, 0) is 0 Å². The third kappa shape index (κ3) is 4.13. The van der Waals surface area contributed by atoms with Crippen LogP contribution in [0.4, 0.5) is 17.1 Å². The molecule has 0 aliphatic carbocycles. The van der Waals surface area contributed by atoms with Gasteiger partial charge in [-0.15, -0.1) is 0 Å². The van der Waals surface area contributed by atoms with Crippen LogP contribution in [0, 0.1) is 0 Å². The third-order valence-electron chi connectivity index (χ3n) is 8.03. The molecule has 0 aliphatic rings. The molecular weight excluding hydrogens is 510 g/mol. The quantitative estimate of drug-likeness (QED) is 0.217. The van der Waals surface area contributed by atoms with E-state index < -0.39 is 0 Å². The molecule has 8 aromatic rings. The fourth-order valence-corrected chi connectivity index (χ4v) is 6.06. The molecule has 0 aliphatic heterocycles. The summed E-state index contributed by atoms with van der Waals surface area (Å²) in [6.07, 6.45) is 0. The Morgan fingerprint density at radius 2 is 0.929 bits per heavy atom. The molecule has 0 unspecified atom stereocenters. The van der Waals surface area contributed by atoms with Crippen LogP contribution in [0.25, 0.3) is 55.0 Å². The number of anilines is 3. The maximum absolute atomic E-state index is 6.62. The minimum Gasteiger partial charge on any atom is -0.455 e. The van der Waals surface area contributed by atoms with E-state index >= 15 is 0 Å². The van der Waals surface area contributed by atoms with E-state index in [0.29, 0.717) is 0 Å². The molecule has 1 aromatic heterocycles. The average Bonchev–Trinajstić information content (AvgIpc) is 3.44. The van der Waals surface area contributed by atoms with Crippen LogP contribution in [-0.4, -0.2) is 0 Å². The van der Waals surface area contributed by atoms with Crippen LogP contribution in [0.15, 0.2) is 168 Å². The van der Waals surface area contributed by atoms with Gasteiger partial charge in [0.1, 0.15) is 11.2 Å². The molecule has 0 saturated carbocycles. The monoisotopic (exact) mass is 537 g/mol. The van der Waals surface area contributed by atoms with E-state index in [-0.39, 0.29) is 0 Å². The third-order valence-corrected chi connectivity index (χ3v) is 8.03. The summed E-state index contributed by atoms with van der Waals surface area (Å²) in [5.74, 6) is 0. The van der Waals surface area contributed by atoms with Crippen molar-refractivity contribution >= 4 is 49.8 Å². The summed E-state index contributed by atoms with van der Waals surface area (Å²) in [6, 6.07) is 57.8. The van der Waals surface area contributed by atoms with E-state index in [1.165, 1.54) is 16.5 Å². The maximum atomic E-state index is 6.62. The summed E-state index contributed by atoms with van der Waals surface area (Å²) in [6.45, 7) is 0.